The molecule has 0 bridgehead atoms. The molecule has 0 aliphatic carbocycles. The molecule has 1 aliphatic rings. The largest absolute Gasteiger partial charge is 0.419 e. The molecule has 1 N–H and O–H groups in total. The van der Waals surface area contributed by atoms with Crippen LogP contribution in [-0.2, 0) is 13.1 Å². The SMILES string of the molecule is OCCn1ccc([C@@H]2CCCN(Cc3nnc(-c4cccc(F)c4)o3)C2)n1. The molecule has 1 atom stereocenters. The van der Waals surface area contributed by atoms with Gasteiger partial charge in [-0.25, -0.2) is 4.39 Å². The highest BCUT2D eigenvalue weighted by molar-refractivity contribution is 5.52. The van der Waals surface area contributed by atoms with E-state index in [9.17, 15) is 4.39 Å². The topological polar surface area (TPSA) is 80.2 Å². The van der Waals surface area contributed by atoms with Crippen LogP contribution in [0.5, 0.6) is 0 Å². The van der Waals surface area contributed by atoms with Crippen molar-refractivity contribution < 1.29 is 13.9 Å². The molecular formula is C19H22FN5O2. The van der Waals surface area contributed by atoms with Gasteiger partial charge in [-0.2, -0.15) is 5.10 Å². The van der Waals surface area contributed by atoms with Crippen LogP contribution in [0.2, 0.25) is 0 Å². The molecule has 0 saturated carbocycles. The molecule has 142 valence electrons. The molecule has 1 fully saturated rings. The number of aromatic nitrogens is 4. The monoisotopic (exact) mass is 371 g/mol. The summed E-state index contributed by atoms with van der Waals surface area (Å²) in [5.41, 5.74) is 1.64. The van der Waals surface area contributed by atoms with Gasteiger partial charge in [-0.1, -0.05) is 6.07 Å². The molecule has 2 aromatic heterocycles. The summed E-state index contributed by atoms with van der Waals surface area (Å²) in [6.45, 7) is 3.00. The zero-order chi connectivity index (χ0) is 18.6. The molecule has 0 amide bonds. The fraction of sp³-hybridized carbons (Fsp3) is 0.421. The Morgan fingerprint density at radius 1 is 1.26 bits per heavy atom. The Bertz CT molecular complexity index is 894. The minimum Gasteiger partial charge on any atom is -0.419 e. The molecule has 7 nitrogen and oxygen atoms in total. The summed E-state index contributed by atoms with van der Waals surface area (Å²) in [6, 6.07) is 8.17. The number of nitrogens with zero attached hydrogens (tertiary/aromatic N) is 5. The van der Waals surface area contributed by atoms with Crippen LogP contribution >= 0.6 is 0 Å². The van der Waals surface area contributed by atoms with Gasteiger partial charge in [0.2, 0.25) is 11.8 Å². The standard InChI is InChI=1S/C19H22FN5O2/c20-16-5-1-3-14(11-16)19-22-21-18(27-19)13-24-7-2-4-15(12-24)17-6-8-25(23-17)9-10-26/h1,3,5-6,8,11,15,26H,2,4,7,9-10,12-13H2/t15-/m1/s1. The average Bonchev–Trinajstić information content (AvgIpc) is 3.32. The van der Waals surface area contributed by atoms with Crippen molar-refractivity contribution in [2.75, 3.05) is 19.7 Å². The number of aliphatic hydroxyl groups is 1. The number of rotatable bonds is 6. The van der Waals surface area contributed by atoms with Crippen molar-refractivity contribution in [2.45, 2.75) is 31.8 Å². The molecule has 27 heavy (non-hydrogen) atoms. The highest BCUT2D eigenvalue weighted by Crippen LogP contribution is 2.27. The van der Waals surface area contributed by atoms with E-state index in [1.165, 1.54) is 12.1 Å². The van der Waals surface area contributed by atoms with Gasteiger partial charge in [0.25, 0.3) is 0 Å². The second-order valence-corrected chi connectivity index (χ2v) is 6.81. The lowest BCUT2D eigenvalue weighted by Crippen LogP contribution is -2.34. The zero-order valence-corrected chi connectivity index (χ0v) is 15.0. The van der Waals surface area contributed by atoms with E-state index < -0.39 is 0 Å². The first-order valence-corrected chi connectivity index (χ1v) is 9.16. The Morgan fingerprint density at radius 3 is 3.04 bits per heavy atom. The van der Waals surface area contributed by atoms with E-state index in [0.717, 1.165) is 31.6 Å². The van der Waals surface area contributed by atoms with Crippen molar-refractivity contribution in [2.24, 2.45) is 0 Å². The van der Waals surface area contributed by atoms with Gasteiger partial charge < -0.3 is 9.52 Å². The van der Waals surface area contributed by atoms with Crippen molar-refractivity contribution in [3.05, 3.63) is 53.9 Å². The highest BCUT2D eigenvalue weighted by Gasteiger charge is 2.24. The normalized spacial score (nSPS) is 18.1. The number of benzene rings is 1. The lowest BCUT2D eigenvalue weighted by molar-refractivity contribution is 0.182. The number of aliphatic hydroxyl groups excluding tert-OH is 1. The predicted octanol–water partition coefficient (Wildman–Crippen LogP) is 2.44. The van der Waals surface area contributed by atoms with Gasteiger partial charge in [0.05, 0.1) is 25.4 Å². The highest BCUT2D eigenvalue weighted by atomic mass is 19.1. The Morgan fingerprint density at radius 2 is 2.19 bits per heavy atom. The minimum atomic E-state index is -0.327. The first-order chi connectivity index (χ1) is 13.2. The van der Waals surface area contributed by atoms with Crippen LogP contribution in [-0.4, -0.2) is 49.7 Å². The maximum atomic E-state index is 13.4. The van der Waals surface area contributed by atoms with Gasteiger partial charge >= 0.3 is 0 Å². The van der Waals surface area contributed by atoms with Crippen LogP contribution < -0.4 is 0 Å². The summed E-state index contributed by atoms with van der Waals surface area (Å²) in [5.74, 6) is 0.887. The summed E-state index contributed by atoms with van der Waals surface area (Å²) < 4.78 is 20.9. The molecule has 0 unspecified atom stereocenters. The van der Waals surface area contributed by atoms with Crippen LogP contribution in [0.1, 0.15) is 30.3 Å². The summed E-state index contributed by atoms with van der Waals surface area (Å²) in [5, 5.41) is 21.8. The van der Waals surface area contributed by atoms with Gasteiger partial charge in [-0.3, -0.25) is 9.58 Å². The van der Waals surface area contributed by atoms with Crippen molar-refractivity contribution >= 4 is 0 Å². The Hall–Kier alpha value is -2.58. The zero-order valence-electron chi connectivity index (χ0n) is 15.0. The molecule has 0 radical (unpaired) electrons. The van der Waals surface area contributed by atoms with Gasteiger partial charge in [0, 0.05) is 24.2 Å². The first-order valence-electron chi connectivity index (χ1n) is 9.16. The van der Waals surface area contributed by atoms with Gasteiger partial charge in [-0.05, 0) is 43.7 Å². The third-order valence-electron chi connectivity index (χ3n) is 4.81. The Balaban J connectivity index is 1.40. The fourth-order valence-corrected chi connectivity index (χ4v) is 3.51. The molecule has 3 aromatic rings. The van der Waals surface area contributed by atoms with Crippen molar-refractivity contribution in [1.82, 2.24) is 24.9 Å². The van der Waals surface area contributed by atoms with E-state index in [-0.39, 0.29) is 12.4 Å². The van der Waals surface area contributed by atoms with Gasteiger partial charge in [0.1, 0.15) is 5.82 Å². The van der Waals surface area contributed by atoms with E-state index in [1.54, 1.807) is 16.8 Å². The quantitative estimate of drug-likeness (QED) is 0.717. The number of likely N-dealkylation sites (tertiary alicyclic amines) is 1. The summed E-state index contributed by atoms with van der Waals surface area (Å²) >= 11 is 0. The predicted molar refractivity (Wildman–Crippen MR) is 96.3 cm³/mol. The van der Waals surface area contributed by atoms with Crippen LogP contribution in [0.25, 0.3) is 11.5 Å². The molecule has 0 spiro atoms. The van der Waals surface area contributed by atoms with Gasteiger partial charge in [0.15, 0.2) is 0 Å². The maximum Gasteiger partial charge on any atom is 0.247 e. The fourth-order valence-electron chi connectivity index (χ4n) is 3.51. The van der Waals surface area contributed by atoms with E-state index in [1.807, 2.05) is 12.3 Å². The van der Waals surface area contributed by atoms with Crippen molar-refractivity contribution in [1.29, 1.82) is 0 Å². The van der Waals surface area contributed by atoms with E-state index in [2.05, 4.69) is 20.2 Å². The Kier molecular flexibility index (Phi) is 5.26. The van der Waals surface area contributed by atoms with Gasteiger partial charge in [-0.15, -0.1) is 10.2 Å². The van der Waals surface area contributed by atoms with Crippen LogP contribution in [0.15, 0.2) is 40.9 Å². The number of piperidine rings is 1. The lowest BCUT2D eigenvalue weighted by Gasteiger charge is -2.30. The third kappa shape index (κ3) is 4.23. The van der Waals surface area contributed by atoms with E-state index >= 15 is 0 Å². The molecule has 1 saturated heterocycles. The minimum absolute atomic E-state index is 0.0860. The average molecular weight is 371 g/mol. The molecule has 1 aromatic carbocycles. The molecule has 4 rings (SSSR count). The van der Waals surface area contributed by atoms with Crippen LogP contribution in [0, 0.1) is 5.82 Å². The maximum absolute atomic E-state index is 13.4. The third-order valence-corrected chi connectivity index (χ3v) is 4.81. The summed E-state index contributed by atoms with van der Waals surface area (Å²) in [4.78, 5) is 2.28. The number of halogens is 1. The van der Waals surface area contributed by atoms with Crippen molar-refractivity contribution in [3.63, 3.8) is 0 Å². The number of hydrogen-bond acceptors (Lipinski definition) is 6. The molecular weight excluding hydrogens is 349 g/mol. The lowest BCUT2D eigenvalue weighted by atomic mass is 9.95. The summed E-state index contributed by atoms with van der Waals surface area (Å²) in [6.07, 6.45) is 4.07. The first kappa shape index (κ1) is 17.8. The van der Waals surface area contributed by atoms with E-state index in [4.69, 9.17) is 9.52 Å². The second kappa shape index (κ2) is 7.98. The second-order valence-electron chi connectivity index (χ2n) is 6.81. The van der Waals surface area contributed by atoms with Crippen LogP contribution in [0.4, 0.5) is 4.39 Å². The van der Waals surface area contributed by atoms with Crippen molar-refractivity contribution in [3.8, 4) is 11.5 Å². The van der Waals surface area contributed by atoms with E-state index in [0.29, 0.717) is 36.4 Å². The molecule has 3 heterocycles. The molecule has 1 aliphatic heterocycles. The smallest absolute Gasteiger partial charge is 0.247 e. The summed E-state index contributed by atoms with van der Waals surface area (Å²) in [7, 11) is 0. The Labute approximate surface area is 156 Å². The van der Waals surface area contributed by atoms with Crippen LogP contribution in [0.3, 0.4) is 0 Å². The molecule has 8 heteroatoms. The number of hydrogen-bond donors (Lipinski definition) is 1.